The summed E-state index contributed by atoms with van der Waals surface area (Å²) in [6.07, 6.45) is 1.18. The molecule has 0 aliphatic carbocycles. The molecule has 1 rings (SSSR count). The van der Waals surface area contributed by atoms with Gasteiger partial charge in [0, 0.05) is 0 Å². The van der Waals surface area contributed by atoms with Gasteiger partial charge in [0.05, 0.1) is 18.5 Å². The molecule has 1 N–H and O–H groups in total. The fourth-order valence-corrected chi connectivity index (χ4v) is 0.833. The van der Waals surface area contributed by atoms with Crippen molar-refractivity contribution in [2.45, 2.75) is 13.8 Å². The summed E-state index contributed by atoms with van der Waals surface area (Å²) in [6, 6.07) is 0. The summed E-state index contributed by atoms with van der Waals surface area (Å²) in [7, 11) is 0. The first-order valence-electron chi connectivity index (χ1n) is 3.85. The van der Waals surface area contributed by atoms with Gasteiger partial charge in [0.25, 0.3) is 0 Å². The Labute approximate surface area is 75.4 Å². The summed E-state index contributed by atoms with van der Waals surface area (Å²) >= 11 is 0. The Hall–Kier alpha value is -1.65. The molecule has 0 atom stereocenters. The fraction of sp³-hybridized carbons (Fsp3) is 0.375. The fourth-order valence-electron chi connectivity index (χ4n) is 0.833. The highest BCUT2D eigenvalue weighted by molar-refractivity contribution is 5.88. The van der Waals surface area contributed by atoms with Gasteiger partial charge in [-0.25, -0.2) is 9.78 Å². The predicted molar refractivity (Wildman–Crippen MR) is 44.4 cm³/mol. The SMILES string of the molecule is CCOC(=O)c1nc(O)cnc1C. The average molecular weight is 182 g/mol. The van der Waals surface area contributed by atoms with Crippen LogP contribution in [-0.4, -0.2) is 27.7 Å². The molecule has 0 fully saturated rings. The number of rotatable bonds is 2. The number of aryl methyl sites for hydroxylation is 1. The number of carbonyl (C=O) groups is 1. The Morgan fingerprint density at radius 3 is 3.00 bits per heavy atom. The molecule has 0 unspecified atom stereocenters. The van der Waals surface area contributed by atoms with E-state index in [9.17, 15) is 4.79 Å². The molecule has 0 spiro atoms. The van der Waals surface area contributed by atoms with Crippen molar-refractivity contribution in [1.82, 2.24) is 9.97 Å². The maximum absolute atomic E-state index is 11.2. The molecule has 1 aromatic heterocycles. The second kappa shape index (κ2) is 3.84. The van der Waals surface area contributed by atoms with Crippen LogP contribution in [0.15, 0.2) is 6.20 Å². The van der Waals surface area contributed by atoms with Crippen molar-refractivity contribution in [2.24, 2.45) is 0 Å². The van der Waals surface area contributed by atoms with E-state index in [0.717, 1.165) is 0 Å². The van der Waals surface area contributed by atoms with Crippen molar-refractivity contribution in [2.75, 3.05) is 6.61 Å². The molecule has 1 heterocycles. The van der Waals surface area contributed by atoms with E-state index in [1.807, 2.05) is 0 Å². The summed E-state index contributed by atoms with van der Waals surface area (Å²) in [5, 5.41) is 8.97. The molecule has 0 radical (unpaired) electrons. The normalized spacial score (nSPS) is 9.69. The number of hydrogen-bond donors (Lipinski definition) is 1. The first kappa shape index (κ1) is 9.44. The van der Waals surface area contributed by atoms with Crippen molar-refractivity contribution in [1.29, 1.82) is 0 Å². The Kier molecular flexibility index (Phi) is 2.79. The third kappa shape index (κ3) is 2.14. The van der Waals surface area contributed by atoms with Gasteiger partial charge in [0.1, 0.15) is 0 Å². The van der Waals surface area contributed by atoms with Gasteiger partial charge < -0.3 is 9.84 Å². The largest absolute Gasteiger partial charge is 0.492 e. The maximum atomic E-state index is 11.2. The predicted octanol–water partition coefficient (Wildman–Crippen LogP) is 0.667. The lowest BCUT2D eigenvalue weighted by Crippen LogP contribution is -2.10. The molecule has 0 bridgehead atoms. The highest BCUT2D eigenvalue weighted by Gasteiger charge is 2.13. The van der Waals surface area contributed by atoms with Gasteiger partial charge in [-0.3, -0.25) is 4.98 Å². The molecule has 13 heavy (non-hydrogen) atoms. The molecule has 0 amide bonds. The molecular weight excluding hydrogens is 172 g/mol. The summed E-state index contributed by atoms with van der Waals surface area (Å²) < 4.78 is 4.71. The summed E-state index contributed by atoms with van der Waals surface area (Å²) in [4.78, 5) is 18.6. The zero-order valence-electron chi connectivity index (χ0n) is 7.44. The van der Waals surface area contributed by atoms with Crippen molar-refractivity contribution >= 4 is 5.97 Å². The van der Waals surface area contributed by atoms with Crippen LogP contribution < -0.4 is 0 Å². The third-order valence-corrected chi connectivity index (χ3v) is 1.41. The Bertz CT molecular complexity index is 325. The van der Waals surface area contributed by atoms with Gasteiger partial charge in [-0.05, 0) is 13.8 Å². The minimum Gasteiger partial charge on any atom is -0.492 e. The van der Waals surface area contributed by atoms with Gasteiger partial charge >= 0.3 is 5.97 Å². The summed E-state index contributed by atoms with van der Waals surface area (Å²) in [5.41, 5.74) is 0.498. The van der Waals surface area contributed by atoms with Crippen molar-refractivity contribution < 1.29 is 14.6 Å². The molecule has 0 aliphatic heterocycles. The minimum absolute atomic E-state index is 0.0573. The van der Waals surface area contributed by atoms with E-state index in [2.05, 4.69) is 9.97 Å². The standard InChI is InChI=1S/C8H10N2O3/c1-3-13-8(12)7-5(2)9-4-6(11)10-7/h4H,3H2,1-2H3,(H,10,11). The number of aromatic hydroxyl groups is 1. The number of hydrogen-bond acceptors (Lipinski definition) is 5. The average Bonchev–Trinajstić information content (AvgIpc) is 2.09. The van der Waals surface area contributed by atoms with E-state index < -0.39 is 5.97 Å². The van der Waals surface area contributed by atoms with Gasteiger partial charge in [-0.15, -0.1) is 0 Å². The number of esters is 1. The minimum atomic E-state index is -0.566. The van der Waals surface area contributed by atoms with E-state index in [4.69, 9.17) is 9.84 Å². The highest BCUT2D eigenvalue weighted by Crippen LogP contribution is 2.08. The van der Waals surface area contributed by atoms with E-state index >= 15 is 0 Å². The van der Waals surface area contributed by atoms with Gasteiger partial charge in [0.2, 0.25) is 5.88 Å². The van der Waals surface area contributed by atoms with Crippen LogP contribution in [0.5, 0.6) is 5.88 Å². The van der Waals surface area contributed by atoms with E-state index in [1.54, 1.807) is 13.8 Å². The van der Waals surface area contributed by atoms with Crippen LogP contribution in [0.1, 0.15) is 23.1 Å². The Morgan fingerprint density at radius 2 is 2.38 bits per heavy atom. The molecular formula is C8H10N2O3. The van der Waals surface area contributed by atoms with Crippen LogP contribution >= 0.6 is 0 Å². The Balaban J connectivity index is 2.99. The van der Waals surface area contributed by atoms with Crippen molar-refractivity contribution in [3.63, 3.8) is 0 Å². The molecule has 0 aliphatic rings. The van der Waals surface area contributed by atoms with Crippen molar-refractivity contribution in [3.05, 3.63) is 17.6 Å². The summed E-state index contributed by atoms with van der Waals surface area (Å²) in [5.74, 6) is -0.850. The molecule has 5 nitrogen and oxygen atoms in total. The van der Waals surface area contributed by atoms with Crippen LogP contribution in [0.2, 0.25) is 0 Å². The molecule has 0 saturated heterocycles. The lowest BCUT2D eigenvalue weighted by molar-refractivity contribution is 0.0516. The van der Waals surface area contributed by atoms with Crippen LogP contribution in [0, 0.1) is 6.92 Å². The molecule has 1 aromatic rings. The number of aromatic nitrogens is 2. The Morgan fingerprint density at radius 1 is 1.69 bits per heavy atom. The lowest BCUT2D eigenvalue weighted by Gasteiger charge is -2.02. The number of carbonyl (C=O) groups excluding carboxylic acids is 1. The zero-order valence-corrected chi connectivity index (χ0v) is 7.44. The van der Waals surface area contributed by atoms with Crippen LogP contribution in [0.3, 0.4) is 0 Å². The van der Waals surface area contributed by atoms with Gasteiger partial charge in [0.15, 0.2) is 5.69 Å². The maximum Gasteiger partial charge on any atom is 0.358 e. The van der Waals surface area contributed by atoms with Crippen LogP contribution in [0.4, 0.5) is 0 Å². The van der Waals surface area contributed by atoms with Crippen LogP contribution in [0.25, 0.3) is 0 Å². The number of nitrogens with zero attached hydrogens (tertiary/aromatic N) is 2. The first-order chi connectivity index (χ1) is 6.15. The van der Waals surface area contributed by atoms with Crippen molar-refractivity contribution in [3.8, 4) is 5.88 Å². The molecule has 0 aromatic carbocycles. The monoisotopic (exact) mass is 182 g/mol. The zero-order chi connectivity index (χ0) is 9.84. The second-order valence-electron chi connectivity index (χ2n) is 2.38. The van der Waals surface area contributed by atoms with Crippen LogP contribution in [-0.2, 0) is 4.74 Å². The smallest absolute Gasteiger partial charge is 0.358 e. The van der Waals surface area contributed by atoms with E-state index in [0.29, 0.717) is 5.69 Å². The molecule has 70 valence electrons. The quantitative estimate of drug-likeness (QED) is 0.680. The molecule has 0 saturated carbocycles. The van der Waals surface area contributed by atoms with E-state index in [1.165, 1.54) is 6.20 Å². The first-order valence-corrected chi connectivity index (χ1v) is 3.85. The third-order valence-electron chi connectivity index (χ3n) is 1.41. The summed E-state index contributed by atoms with van der Waals surface area (Å²) in [6.45, 7) is 3.60. The molecule has 5 heteroatoms. The second-order valence-corrected chi connectivity index (χ2v) is 2.38. The van der Waals surface area contributed by atoms with E-state index in [-0.39, 0.29) is 18.2 Å². The number of ether oxygens (including phenoxy) is 1. The van der Waals surface area contributed by atoms with Gasteiger partial charge in [-0.2, -0.15) is 0 Å². The highest BCUT2D eigenvalue weighted by atomic mass is 16.5. The topological polar surface area (TPSA) is 72.3 Å². The lowest BCUT2D eigenvalue weighted by atomic mass is 10.3. The van der Waals surface area contributed by atoms with Gasteiger partial charge in [-0.1, -0.05) is 0 Å².